The summed E-state index contributed by atoms with van der Waals surface area (Å²) in [6.07, 6.45) is 3.25. The van der Waals surface area contributed by atoms with Gasteiger partial charge in [0.1, 0.15) is 11.5 Å². The summed E-state index contributed by atoms with van der Waals surface area (Å²) in [5, 5.41) is 13.0. The van der Waals surface area contributed by atoms with Crippen molar-refractivity contribution in [1.82, 2.24) is 9.88 Å². The summed E-state index contributed by atoms with van der Waals surface area (Å²) >= 11 is 1.51. The molecule has 0 saturated carbocycles. The molecule has 6 nitrogen and oxygen atoms in total. The molecule has 2 aromatic heterocycles. The minimum Gasteiger partial charge on any atom is -0.507 e. The zero-order valence-corrected chi connectivity index (χ0v) is 18.7. The maximum atomic E-state index is 13.0. The fourth-order valence-electron chi connectivity index (χ4n) is 3.63. The van der Waals surface area contributed by atoms with Crippen molar-refractivity contribution >= 4 is 28.8 Å². The summed E-state index contributed by atoms with van der Waals surface area (Å²) in [4.78, 5) is 32.6. The molecular weight excluding hydrogens is 424 g/mol. The van der Waals surface area contributed by atoms with E-state index in [0.29, 0.717) is 29.4 Å². The number of benzene rings is 1. The molecule has 0 bridgehead atoms. The van der Waals surface area contributed by atoms with Crippen LogP contribution >= 0.6 is 11.3 Å². The van der Waals surface area contributed by atoms with E-state index in [2.05, 4.69) is 18.8 Å². The molecule has 1 fully saturated rings. The Bertz CT molecular complexity index is 1120. The van der Waals surface area contributed by atoms with E-state index in [9.17, 15) is 14.7 Å². The standard InChI is InChI=1S/C25H24N2O4S/c1-16(2)15-31-19-9-7-17(8-10-19)23(28)21-22(18-5-3-11-26-13-18)27(25(30)24(21)29)14-20-6-4-12-32-20/h3-13,16,22,28H,14-15H2,1-2H3/b23-21-. The molecule has 164 valence electrons. The van der Waals surface area contributed by atoms with Gasteiger partial charge in [-0.25, -0.2) is 0 Å². The molecule has 32 heavy (non-hydrogen) atoms. The quantitative estimate of drug-likeness (QED) is 0.319. The second kappa shape index (κ2) is 9.36. The maximum absolute atomic E-state index is 13.0. The van der Waals surface area contributed by atoms with E-state index in [0.717, 1.165) is 4.88 Å². The van der Waals surface area contributed by atoms with Crippen molar-refractivity contribution < 1.29 is 19.4 Å². The van der Waals surface area contributed by atoms with E-state index < -0.39 is 17.7 Å². The predicted octanol–water partition coefficient (Wildman–Crippen LogP) is 4.80. The normalized spacial score (nSPS) is 17.8. The van der Waals surface area contributed by atoms with Crippen LogP contribution in [0.2, 0.25) is 0 Å². The number of aromatic nitrogens is 1. The van der Waals surface area contributed by atoms with Gasteiger partial charge in [-0.2, -0.15) is 0 Å². The van der Waals surface area contributed by atoms with Crippen LogP contribution < -0.4 is 4.74 Å². The summed E-state index contributed by atoms with van der Waals surface area (Å²) < 4.78 is 5.70. The molecule has 1 unspecified atom stereocenters. The number of carbonyl (C=O) groups excluding carboxylic acids is 2. The number of nitrogens with zero attached hydrogens (tertiary/aromatic N) is 2. The third-order valence-electron chi connectivity index (χ3n) is 5.16. The van der Waals surface area contributed by atoms with Crippen molar-refractivity contribution in [3.05, 3.63) is 87.9 Å². The minimum atomic E-state index is -0.720. The lowest BCUT2D eigenvalue weighted by molar-refractivity contribution is -0.140. The van der Waals surface area contributed by atoms with Gasteiger partial charge in [-0.15, -0.1) is 11.3 Å². The lowest BCUT2D eigenvalue weighted by Crippen LogP contribution is -2.28. The van der Waals surface area contributed by atoms with E-state index in [1.807, 2.05) is 17.5 Å². The molecule has 1 aromatic carbocycles. The number of ether oxygens (including phenoxy) is 1. The molecular formula is C25H24N2O4S. The molecule has 1 saturated heterocycles. The van der Waals surface area contributed by atoms with Crippen molar-refractivity contribution in [3.8, 4) is 5.75 Å². The minimum absolute atomic E-state index is 0.0652. The SMILES string of the molecule is CC(C)COc1ccc(/C(O)=C2/C(=O)C(=O)N(Cc3cccs3)C2c2cccnc2)cc1. The topological polar surface area (TPSA) is 79.7 Å². The summed E-state index contributed by atoms with van der Waals surface area (Å²) in [6, 6.07) is 13.5. The van der Waals surface area contributed by atoms with Crippen LogP contribution in [0.1, 0.15) is 35.9 Å². The number of likely N-dealkylation sites (tertiary alicyclic amines) is 1. The number of carbonyl (C=O) groups is 2. The fraction of sp³-hybridized carbons (Fsp3) is 0.240. The number of aliphatic hydroxyl groups excluding tert-OH is 1. The Balaban J connectivity index is 1.73. The van der Waals surface area contributed by atoms with Crippen LogP contribution in [0, 0.1) is 5.92 Å². The molecule has 1 atom stereocenters. The zero-order valence-electron chi connectivity index (χ0n) is 17.9. The highest BCUT2D eigenvalue weighted by Gasteiger charge is 2.46. The summed E-state index contributed by atoms with van der Waals surface area (Å²) in [5.41, 5.74) is 1.18. The number of amides is 1. The number of pyridine rings is 1. The second-order valence-electron chi connectivity index (χ2n) is 8.02. The zero-order chi connectivity index (χ0) is 22.7. The molecule has 3 aromatic rings. The van der Waals surface area contributed by atoms with E-state index in [-0.39, 0.29) is 17.9 Å². The molecule has 0 aliphatic carbocycles. The molecule has 3 heterocycles. The predicted molar refractivity (Wildman–Crippen MR) is 123 cm³/mol. The number of hydrogen-bond acceptors (Lipinski definition) is 6. The van der Waals surface area contributed by atoms with Crippen LogP contribution in [0.5, 0.6) is 5.75 Å². The average Bonchev–Trinajstić information content (AvgIpc) is 3.40. The number of rotatable bonds is 7. The Morgan fingerprint density at radius 3 is 2.56 bits per heavy atom. The summed E-state index contributed by atoms with van der Waals surface area (Å²) in [6.45, 7) is 4.99. The summed E-state index contributed by atoms with van der Waals surface area (Å²) in [7, 11) is 0. The van der Waals surface area contributed by atoms with Crippen LogP contribution in [0.25, 0.3) is 5.76 Å². The first kappa shape index (κ1) is 21.8. The van der Waals surface area contributed by atoms with Gasteiger partial charge in [0.05, 0.1) is 24.8 Å². The Kier molecular flexibility index (Phi) is 6.37. The van der Waals surface area contributed by atoms with Gasteiger partial charge in [0.25, 0.3) is 11.7 Å². The van der Waals surface area contributed by atoms with Gasteiger partial charge in [-0.3, -0.25) is 14.6 Å². The lowest BCUT2D eigenvalue weighted by atomic mass is 9.96. The highest BCUT2D eigenvalue weighted by atomic mass is 32.1. The van der Waals surface area contributed by atoms with Gasteiger partial charge in [0.2, 0.25) is 0 Å². The van der Waals surface area contributed by atoms with Gasteiger partial charge in [0.15, 0.2) is 0 Å². The number of hydrogen-bond donors (Lipinski definition) is 1. The molecule has 1 amide bonds. The first-order valence-corrected chi connectivity index (χ1v) is 11.3. The Hall–Kier alpha value is -3.45. The largest absolute Gasteiger partial charge is 0.507 e. The molecule has 1 aliphatic rings. The Morgan fingerprint density at radius 1 is 1.16 bits per heavy atom. The lowest BCUT2D eigenvalue weighted by Gasteiger charge is -2.24. The maximum Gasteiger partial charge on any atom is 0.295 e. The van der Waals surface area contributed by atoms with E-state index >= 15 is 0 Å². The van der Waals surface area contributed by atoms with Crippen molar-refractivity contribution in [2.75, 3.05) is 6.61 Å². The van der Waals surface area contributed by atoms with E-state index in [4.69, 9.17) is 4.74 Å². The van der Waals surface area contributed by atoms with Crippen LogP contribution in [-0.2, 0) is 16.1 Å². The van der Waals surface area contributed by atoms with E-state index in [1.165, 1.54) is 16.2 Å². The van der Waals surface area contributed by atoms with Crippen molar-refractivity contribution in [3.63, 3.8) is 0 Å². The van der Waals surface area contributed by atoms with E-state index in [1.54, 1.807) is 48.8 Å². The fourth-order valence-corrected chi connectivity index (χ4v) is 4.33. The van der Waals surface area contributed by atoms with Crippen molar-refractivity contribution in [2.24, 2.45) is 5.92 Å². The van der Waals surface area contributed by atoms with Crippen molar-refractivity contribution in [2.45, 2.75) is 26.4 Å². The van der Waals surface area contributed by atoms with Crippen LogP contribution in [-0.4, -0.2) is 33.3 Å². The number of ketones is 1. The molecule has 7 heteroatoms. The van der Waals surface area contributed by atoms with Gasteiger partial charge in [0, 0.05) is 22.8 Å². The first-order chi connectivity index (χ1) is 15.5. The highest BCUT2D eigenvalue weighted by Crippen LogP contribution is 2.40. The number of thiophene rings is 1. The Labute approximate surface area is 190 Å². The third-order valence-corrected chi connectivity index (χ3v) is 6.02. The molecule has 1 aliphatic heterocycles. The third kappa shape index (κ3) is 4.43. The second-order valence-corrected chi connectivity index (χ2v) is 9.05. The number of Topliss-reactive ketones (excluding diaryl/α,β-unsaturated/α-hetero) is 1. The van der Waals surface area contributed by atoms with Crippen molar-refractivity contribution in [1.29, 1.82) is 0 Å². The molecule has 0 radical (unpaired) electrons. The smallest absolute Gasteiger partial charge is 0.295 e. The highest BCUT2D eigenvalue weighted by molar-refractivity contribution is 7.09. The van der Waals surface area contributed by atoms with Gasteiger partial charge in [-0.05, 0) is 53.3 Å². The number of aliphatic hydroxyl groups is 1. The molecule has 0 spiro atoms. The van der Waals surface area contributed by atoms with Crippen LogP contribution in [0.4, 0.5) is 0 Å². The molecule has 1 N–H and O–H groups in total. The van der Waals surface area contributed by atoms with Gasteiger partial charge < -0.3 is 14.7 Å². The van der Waals surface area contributed by atoms with Gasteiger partial charge >= 0.3 is 0 Å². The first-order valence-electron chi connectivity index (χ1n) is 10.4. The summed E-state index contributed by atoms with van der Waals surface area (Å²) in [5.74, 6) is -0.473. The average molecular weight is 449 g/mol. The monoisotopic (exact) mass is 448 g/mol. The molecule has 4 rings (SSSR count). The van der Waals surface area contributed by atoms with Crippen LogP contribution in [0.3, 0.4) is 0 Å². The van der Waals surface area contributed by atoms with Crippen LogP contribution in [0.15, 0.2) is 71.9 Å². The Morgan fingerprint density at radius 2 is 1.94 bits per heavy atom. The van der Waals surface area contributed by atoms with Gasteiger partial charge in [-0.1, -0.05) is 26.0 Å².